The van der Waals surface area contributed by atoms with Gasteiger partial charge < -0.3 is 5.32 Å². The number of anilines is 1. The Morgan fingerprint density at radius 2 is 1.97 bits per heavy atom. The summed E-state index contributed by atoms with van der Waals surface area (Å²) in [5.74, 6) is 3.14. The first-order valence-corrected chi connectivity index (χ1v) is 12.1. The Bertz CT molecular complexity index is 1150. The first-order chi connectivity index (χ1) is 14.6. The maximum Gasteiger partial charge on any atom is 0.274 e. The molecule has 2 N–H and O–H groups in total. The van der Waals surface area contributed by atoms with E-state index in [1.54, 1.807) is 0 Å². The van der Waals surface area contributed by atoms with Crippen molar-refractivity contribution in [1.82, 2.24) is 29.8 Å². The summed E-state index contributed by atoms with van der Waals surface area (Å²) < 4.78 is 2.02. The number of nitrogens with zero attached hydrogens (tertiary/aromatic N) is 5. The molecular weight excluding hydrogens is 422 g/mol. The van der Waals surface area contributed by atoms with Crippen molar-refractivity contribution in [3.63, 3.8) is 0 Å². The highest BCUT2D eigenvalue weighted by atomic mass is 32.2. The van der Waals surface area contributed by atoms with Crippen molar-refractivity contribution >= 4 is 39.9 Å². The Hall–Kier alpha value is -2.27. The largest absolute Gasteiger partial charge is 0.300 e. The molecule has 30 heavy (non-hydrogen) atoms. The molecule has 9 nitrogen and oxygen atoms in total. The van der Waals surface area contributed by atoms with E-state index < -0.39 is 0 Å². The number of hydrogen-bond acceptors (Lipinski definition) is 8. The van der Waals surface area contributed by atoms with Crippen molar-refractivity contribution in [2.75, 3.05) is 5.32 Å². The Kier molecular flexibility index (Phi) is 4.24. The topological polar surface area (TPSA) is 118 Å². The molecule has 4 aliphatic carbocycles. The molecule has 0 atom stereocenters. The van der Waals surface area contributed by atoms with Gasteiger partial charge in [0, 0.05) is 11.8 Å². The Balaban J connectivity index is 1.12. The molecule has 0 radical (unpaired) electrons. The number of thioether (sulfide) groups is 1. The van der Waals surface area contributed by atoms with Crippen molar-refractivity contribution in [2.24, 2.45) is 23.2 Å². The van der Waals surface area contributed by atoms with Gasteiger partial charge >= 0.3 is 0 Å². The molecule has 11 heteroatoms. The van der Waals surface area contributed by atoms with E-state index in [0.717, 1.165) is 41.4 Å². The van der Waals surface area contributed by atoms with Crippen LogP contribution in [0.3, 0.4) is 0 Å². The molecule has 1 amide bonds. The first kappa shape index (κ1) is 18.5. The number of nitrogens with one attached hydrogen (secondary N) is 2. The van der Waals surface area contributed by atoms with E-state index >= 15 is 0 Å². The zero-order valence-electron chi connectivity index (χ0n) is 16.2. The summed E-state index contributed by atoms with van der Waals surface area (Å²) in [6.45, 7) is 0. The first-order valence-electron chi connectivity index (χ1n) is 10.3. The van der Waals surface area contributed by atoms with Gasteiger partial charge in [-0.15, -0.1) is 10.2 Å². The molecule has 0 aromatic carbocycles. The summed E-state index contributed by atoms with van der Waals surface area (Å²) in [5.41, 5.74) is 0.235. The number of carbonyl (C=O) groups excluding carboxylic acids is 1. The predicted octanol–water partition coefficient (Wildman–Crippen LogP) is 2.72. The molecule has 7 rings (SSSR count). The van der Waals surface area contributed by atoms with Crippen LogP contribution in [0.1, 0.15) is 44.2 Å². The van der Waals surface area contributed by atoms with Crippen molar-refractivity contribution in [1.29, 1.82) is 0 Å². The summed E-state index contributed by atoms with van der Waals surface area (Å²) in [7, 11) is 0. The van der Waals surface area contributed by atoms with E-state index in [2.05, 4.69) is 30.6 Å². The fourth-order valence-corrected chi connectivity index (χ4v) is 7.65. The van der Waals surface area contributed by atoms with E-state index in [0.29, 0.717) is 22.4 Å². The van der Waals surface area contributed by atoms with Gasteiger partial charge in [-0.25, -0.2) is 9.97 Å². The zero-order chi connectivity index (χ0) is 20.3. The number of hydrogen-bond donors (Lipinski definition) is 2. The minimum Gasteiger partial charge on any atom is -0.300 e. The second kappa shape index (κ2) is 6.88. The maximum atomic E-state index is 13.2. The number of carbonyl (C=O) groups is 1. The van der Waals surface area contributed by atoms with Crippen LogP contribution < -0.4 is 10.9 Å². The Morgan fingerprint density at radius 3 is 2.70 bits per heavy atom. The van der Waals surface area contributed by atoms with E-state index in [1.165, 1.54) is 59.3 Å². The Morgan fingerprint density at radius 1 is 1.23 bits per heavy atom. The third-order valence-corrected chi connectivity index (χ3v) is 8.82. The molecular formula is C19H21N7O2S2. The van der Waals surface area contributed by atoms with E-state index in [-0.39, 0.29) is 16.9 Å². The van der Waals surface area contributed by atoms with Crippen LogP contribution in [0.5, 0.6) is 0 Å². The molecule has 156 valence electrons. The molecule has 0 unspecified atom stereocenters. The Labute approximate surface area is 180 Å². The summed E-state index contributed by atoms with van der Waals surface area (Å²) in [4.78, 5) is 33.6. The smallest absolute Gasteiger partial charge is 0.274 e. The minimum absolute atomic E-state index is 0.132. The number of amides is 1. The fourth-order valence-electron chi connectivity index (χ4n) is 6.02. The molecule has 4 aliphatic rings. The highest BCUT2D eigenvalue weighted by Gasteiger charge is 2.54. The molecule has 0 saturated heterocycles. The van der Waals surface area contributed by atoms with Crippen LogP contribution in [0.15, 0.2) is 21.5 Å². The summed E-state index contributed by atoms with van der Waals surface area (Å²) in [6.07, 6.45) is 8.46. The van der Waals surface area contributed by atoms with Gasteiger partial charge in [0.15, 0.2) is 4.34 Å². The third kappa shape index (κ3) is 3.15. The SMILES string of the molecule is O=C(Nc1nnc(SCc2cc(=O)n3[nH]cnc3n2)s1)C12CC3CC(CC(C3)C1)C2. The van der Waals surface area contributed by atoms with Crippen molar-refractivity contribution in [3.8, 4) is 0 Å². The average molecular weight is 444 g/mol. The number of fused-ring (bicyclic) bond motifs is 1. The fraction of sp³-hybridized carbons (Fsp3) is 0.579. The molecule has 0 aliphatic heterocycles. The monoisotopic (exact) mass is 443 g/mol. The van der Waals surface area contributed by atoms with Gasteiger partial charge in [0.05, 0.1) is 11.1 Å². The molecule has 4 fully saturated rings. The molecule has 3 aromatic rings. The lowest BCUT2D eigenvalue weighted by Gasteiger charge is -2.55. The van der Waals surface area contributed by atoms with Crippen LogP contribution in [0.2, 0.25) is 0 Å². The van der Waals surface area contributed by atoms with Gasteiger partial charge in [0.25, 0.3) is 11.3 Å². The van der Waals surface area contributed by atoms with Gasteiger partial charge in [0.1, 0.15) is 6.33 Å². The summed E-state index contributed by atoms with van der Waals surface area (Å²) >= 11 is 2.82. The third-order valence-electron chi connectivity index (χ3n) is 6.81. The number of rotatable bonds is 5. The predicted molar refractivity (Wildman–Crippen MR) is 112 cm³/mol. The van der Waals surface area contributed by atoms with Gasteiger partial charge in [-0.05, 0) is 56.3 Å². The van der Waals surface area contributed by atoms with Crippen molar-refractivity contribution < 1.29 is 4.79 Å². The minimum atomic E-state index is -0.200. The van der Waals surface area contributed by atoms with Gasteiger partial charge in [-0.2, -0.15) is 4.52 Å². The lowest BCUT2D eigenvalue weighted by atomic mass is 9.49. The van der Waals surface area contributed by atoms with Gasteiger partial charge in [-0.3, -0.25) is 14.7 Å². The van der Waals surface area contributed by atoms with Crippen LogP contribution >= 0.6 is 23.1 Å². The van der Waals surface area contributed by atoms with Crippen LogP contribution in [0.4, 0.5) is 5.13 Å². The molecule has 4 saturated carbocycles. The van der Waals surface area contributed by atoms with Crippen LogP contribution in [-0.4, -0.2) is 35.7 Å². The highest BCUT2D eigenvalue weighted by Crippen LogP contribution is 2.60. The van der Waals surface area contributed by atoms with E-state index in [4.69, 9.17) is 0 Å². The summed E-state index contributed by atoms with van der Waals surface area (Å²) in [5, 5.41) is 14.7. The van der Waals surface area contributed by atoms with Crippen LogP contribution in [-0.2, 0) is 10.5 Å². The standard InChI is InChI=1S/C19H21N7O2S2/c27-14-4-13(22-16-20-9-21-26(14)16)8-29-18-25-24-17(30-18)23-15(28)19-5-10-1-11(6-19)3-12(2-10)7-19/h4,9-12H,1-3,5-8H2,(H,20,21,22)(H,23,24,28). The number of aromatic amines is 1. The lowest BCUT2D eigenvalue weighted by molar-refractivity contribution is -0.140. The molecule has 3 aromatic heterocycles. The van der Waals surface area contributed by atoms with E-state index in [9.17, 15) is 9.59 Å². The van der Waals surface area contributed by atoms with Crippen LogP contribution in [0, 0.1) is 23.2 Å². The highest BCUT2D eigenvalue weighted by molar-refractivity contribution is 8.00. The number of H-pyrrole nitrogens is 1. The quantitative estimate of drug-likeness (QED) is 0.460. The van der Waals surface area contributed by atoms with Gasteiger partial charge in [-0.1, -0.05) is 23.1 Å². The van der Waals surface area contributed by atoms with E-state index in [1.807, 2.05) is 0 Å². The normalized spacial score (nSPS) is 29.5. The van der Waals surface area contributed by atoms with Crippen molar-refractivity contribution in [2.45, 2.75) is 48.6 Å². The molecule has 3 heterocycles. The number of aromatic nitrogens is 6. The molecule has 4 bridgehead atoms. The van der Waals surface area contributed by atoms with Gasteiger partial charge in [0.2, 0.25) is 11.0 Å². The average Bonchev–Trinajstić information content (AvgIpc) is 3.35. The zero-order valence-corrected chi connectivity index (χ0v) is 17.8. The lowest BCUT2D eigenvalue weighted by Crippen LogP contribution is -2.51. The van der Waals surface area contributed by atoms with Crippen LogP contribution in [0.25, 0.3) is 5.78 Å². The second-order valence-corrected chi connectivity index (χ2v) is 11.1. The summed E-state index contributed by atoms with van der Waals surface area (Å²) in [6, 6.07) is 1.48. The van der Waals surface area contributed by atoms with Crippen molar-refractivity contribution in [3.05, 3.63) is 28.4 Å². The second-order valence-electron chi connectivity index (χ2n) is 8.92. The molecule has 0 spiro atoms. The maximum absolute atomic E-state index is 13.2.